The molecule has 1 N–H and O–H groups in total. The number of aromatic carboxylic acids is 1. The first-order valence-electron chi connectivity index (χ1n) is 10.00. The molecule has 1 aromatic carbocycles. The lowest BCUT2D eigenvalue weighted by molar-refractivity contribution is 0.0693. The van der Waals surface area contributed by atoms with E-state index in [-0.39, 0.29) is 17.0 Å². The summed E-state index contributed by atoms with van der Waals surface area (Å²) in [5.74, 6) is 1.12. The standard InChI is InChI=1S/C23H29NO5S/c1-23(2,3)21-10-14-9-20(29-7-6-8-30-5)19(28-4)11-15(14)17-12-18(25)16(22(26)27)13-24(17)21/h9,11-13,21H,6-8,10H2,1-5H3,(H,26,27)/t21-/m1/s1. The Hall–Kier alpha value is -2.41. The zero-order chi connectivity index (χ0) is 22.1. The number of carboxylic acid groups (broad SMARTS) is 1. The third-order valence-corrected chi connectivity index (χ3v) is 6.17. The Morgan fingerprint density at radius 1 is 1.27 bits per heavy atom. The lowest BCUT2D eigenvalue weighted by Crippen LogP contribution is -2.32. The quantitative estimate of drug-likeness (QED) is 0.651. The van der Waals surface area contributed by atoms with E-state index in [1.54, 1.807) is 18.9 Å². The van der Waals surface area contributed by atoms with Gasteiger partial charge in [0.15, 0.2) is 16.9 Å². The number of carbonyl (C=O) groups is 1. The Balaban J connectivity index is 2.14. The van der Waals surface area contributed by atoms with Gasteiger partial charge in [-0.15, -0.1) is 0 Å². The first kappa shape index (κ1) is 22.3. The van der Waals surface area contributed by atoms with Gasteiger partial charge in [-0.2, -0.15) is 11.8 Å². The van der Waals surface area contributed by atoms with Crippen molar-refractivity contribution >= 4 is 17.7 Å². The maximum absolute atomic E-state index is 12.5. The molecule has 6 nitrogen and oxygen atoms in total. The van der Waals surface area contributed by atoms with E-state index >= 15 is 0 Å². The van der Waals surface area contributed by atoms with Crippen LogP contribution in [0.2, 0.25) is 0 Å². The Labute approximate surface area is 181 Å². The minimum atomic E-state index is -1.21. The minimum Gasteiger partial charge on any atom is -0.493 e. The van der Waals surface area contributed by atoms with Crippen LogP contribution in [0, 0.1) is 5.41 Å². The van der Waals surface area contributed by atoms with Gasteiger partial charge in [0.05, 0.1) is 19.4 Å². The van der Waals surface area contributed by atoms with Gasteiger partial charge < -0.3 is 19.1 Å². The molecule has 0 radical (unpaired) electrons. The van der Waals surface area contributed by atoms with Crippen LogP contribution in [0.3, 0.4) is 0 Å². The van der Waals surface area contributed by atoms with Crippen molar-refractivity contribution in [3.8, 4) is 22.8 Å². The summed E-state index contributed by atoms with van der Waals surface area (Å²) in [4.78, 5) is 24.0. The number of nitrogens with zero attached hydrogens (tertiary/aromatic N) is 1. The summed E-state index contributed by atoms with van der Waals surface area (Å²) in [7, 11) is 1.60. The van der Waals surface area contributed by atoms with Crippen LogP contribution in [-0.4, -0.2) is 41.4 Å². The van der Waals surface area contributed by atoms with E-state index in [2.05, 4.69) is 27.0 Å². The van der Waals surface area contributed by atoms with Crippen molar-refractivity contribution in [2.45, 2.75) is 39.7 Å². The van der Waals surface area contributed by atoms with Gasteiger partial charge in [0.25, 0.3) is 0 Å². The first-order valence-corrected chi connectivity index (χ1v) is 11.4. The number of rotatable bonds is 7. The van der Waals surface area contributed by atoms with E-state index in [4.69, 9.17) is 9.47 Å². The molecular weight excluding hydrogens is 402 g/mol. The summed E-state index contributed by atoms with van der Waals surface area (Å²) in [5.41, 5.74) is 1.80. The van der Waals surface area contributed by atoms with E-state index in [1.165, 1.54) is 12.3 Å². The van der Waals surface area contributed by atoms with Crippen molar-refractivity contribution in [2.75, 3.05) is 25.7 Å². The monoisotopic (exact) mass is 431 g/mol. The number of aromatic nitrogens is 1. The van der Waals surface area contributed by atoms with Gasteiger partial charge in [-0.3, -0.25) is 4.79 Å². The molecule has 0 saturated heterocycles. The largest absolute Gasteiger partial charge is 0.493 e. The topological polar surface area (TPSA) is 77.8 Å². The fraction of sp³-hybridized carbons (Fsp3) is 0.478. The van der Waals surface area contributed by atoms with Gasteiger partial charge in [0, 0.05) is 23.9 Å². The molecule has 1 aliphatic rings. The highest BCUT2D eigenvalue weighted by Crippen LogP contribution is 2.45. The van der Waals surface area contributed by atoms with Crippen LogP contribution < -0.4 is 14.9 Å². The Kier molecular flexibility index (Phi) is 6.50. The average Bonchev–Trinajstić information content (AvgIpc) is 2.68. The van der Waals surface area contributed by atoms with Crippen LogP contribution in [0.15, 0.2) is 29.2 Å². The van der Waals surface area contributed by atoms with Gasteiger partial charge >= 0.3 is 5.97 Å². The Morgan fingerprint density at radius 2 is 2.00 bits per heavy atom. The maximum Gasteiger partial charge on any atom is 0.341 e. The molecule has 0 bridgehead atoms. The lowest BCUT2D eigenvalue weighted by Gasteiger charge is -2.39. The molecule has 2 heterocycles. The predicted molar refractivity (Wildman–Crippen MR) is 120 cm³/mol. The SMILES string of the molecule is COc1cc2c(cc1OCCCSC)C[C@H](C(C)(C)C)n1cc(C(=O)O)c(=O)cc1-2. The third kappa shape index (κ3) is 4.36. The molecular formula is C23H29NO5S. The molecule has 3 rings (SSSR count). The molecule has 30 heavy (non-hydrogen) atoms. The van der Waals surface area contributed by atoms with Crippen LogP contribution >= 0.6 is 11.8 Å². The highest BCUT2D eigenvalue weighted by molar-refractivity contribution is 7.98. The molecule has 162 valence electrons. The van der Waals surface area contributed by atoms with Gasteiger partial charge in [-0.1, -0.05) is 20.8 Å². The molecule has 0 saturated carbocycles. The van der Waals surface area contributed by atoms with Crippen molar-refractivity contribution in [1.29, 1.82) is 0 Å². The molecule has 0 amide bonds. The van der Waals surface area contributed by atoms with Gasteiger partial charge in [-0.05, 0) is 48.0 Å². The van der Waals surface area contributed by atoms with E-state index in [0.717, 1.165) is 23.3 Å². The zero-order valence-electron chi connectivity index (χ0n) is 18.2. The zero-order valence-corrected chi connectivity index (χ0v) is 19.0. The van der Waals surface area contributed by atoms with E-state index < -0.39 is 11.4 Å². The lowest BCUT2D eigenvalue weighted by atomic mass is 9.78. The average molecular weight is 432 g/mol. The van der Waals surface area contributed by atoms with E-state index in [1.807, 2.05) is 16.7 Å². The van der Waals surface area contributed by atoms with E-state index in [0.29, 0.717) is 30.2 Å². The number of hydrogen-bond acceptors (Lipinski definition) is 5. The number of hydrogen-bond donors (Lipinski definition) is 1. The van der Waals surface area contributed by atoms with Crippen molar-refractivity contribution in [3.05, 3.63) is 45.7 Å². The van der Waals surface area contributed by atoms with Crippen molar-refractivity contribution in [2.24, 2.45) is 5.41 Å². The maximum atomic E-state index is 12.5. The Morgan fingerprint density at radius 3 is 2.60 bits per heavy atom. The molecule has 1 atom stereocenters. The number of fused-ring (bicyclic) bond motifs is 3. The number of benzene rings is 1. The smallest absolute Gasteiger partial charge is 0.341 e. The fourth-order valence-corrected chi connectivity index (χ4v) is 4.29. The highest BCUT2D eigenvalue weighted by Gasteiger charge is 2.34. The number of methoxy groups -OCH3 is 1. The molecule has 7 heteroatoms. The Bertz CT molecular complexity index is 1010. The van der Waals surface area contributed by atoms with Crippen LogP contribution in [0.25, 0.3) is 11.3 Å². The van der Waals surface area contributed by atoms with Crippen molar-refractivity contribution < 1.29 is 19.4 Å². The minimum absolute atomic E-state index is 0.00330. The predicted octanol–water partition coefficient (Wildman–Crippen LogP) is 4.50. The molecule has 0 spiro atoms. The highest BCUT2D eigenvalue weighted by atomic mass is 32.2. The summed E-state index contributed by atoms with van der Waals surface area (Å²) in [6.07, 6.45) is 5.21. The van der Waals surface area contributed by atoms with Gasteiger partial charge in [0.1, 0.15) is 5.56 Å². The number of carboxylic acids is 1. The van der Waals surface area contributed by atoms with Crippen LogP contribution in [0.1, 0.15) is 49.2 Å². The second-order valence-electron chi connectivity index (χ2n) is 8.59. The van der Waals surface area contributed by atoms with Gasteiger partial charge in [-0.25, -0.2) is 4.79 Å². The molecule has 0 aliphatic carbocycles. The summed E-state index contributed by atoms with van der Waals surface area (Å²) in [6, 6.07) is 5.32. The molecule has 0 unspecified atom stereocenters. The summed E-state index contributed by atoms with van der Waals surface area (Å²) >= 11 is 1.78. The summed E-state index contributed by atoms with van der Waals surface area (Å²) in [6.45, 7) is 6.97. The second-order valence-corrected chi connectivity index (χ2v) is 9.58. The summed E-state index contributed by atoms with van der Waals surface area (Å²) < 4.78 is 13.5. The van der Waals surface area contributed by atoms with Crippen LogP contribution in [0.5, 0.6) is 11.5 Å². The van der Waals surface area contributed by atoms with E-state index in [9.17, 15) is 14.7 Å². The normalized spacial score (nSPS) is 15.3. The fourth-order valence-electron chi connectivity index (χ4n) is 3.88. The number of pyridine rings is 1. The molecule has 1 aliphatic heterocycles. The number of thioether (sulfide) groups is 1. The van der Waals surface area contributed by atoms with Crippen LogP contribution in [0.4, 0.5) is 0 Å². The van der Waals surface area contributed by atoms with Crippen molar-refractivity contribution in [3.63, 3.8) is 0 Å². The second kappa shape index (κ2) is 8.76. The molecule has 0 fully saturated rings. The van der Waals surface area contributed by atoms with Gasteiger partial charge in [0.2, 0.25) is 0 Å². The van der Waals surface area contributed by atoms with Crippen LogP contribution in [-0.2, 0) is 6.42 Å². The molecule has 2 aromatic rings. The first-order chi connectivity index (χ1) is 14.2. The third-order valence-electron chi connectivity index (χ3n) is 5.47. The van der Waals surface area contributed by atoms with Crippen molar-refractivity contribution in [1.82, 2.24) is 4.57 Å². The summed E-state index contributed by atoms with van der Waals surface area (Å²) in [5, 5.41) is 9.44. The molecule has 1 aromatic heterocycles. The number of ether oxygens (including phenoxy) is 2.